The minimum atomic E-state index is 0.408. The summed E-state index contributed by atoms with van der Waals surface area (Å²) in [6.45, 7) is 10.7. The zero-order chi connectivity index (χ0) is 32.8. The van der Waals surface area contributed by atoms with Crippen molar-refractivity contribution in [1.29, 1.82) is 0 Å². The average Bonchev–Trinajstić information content (AvgIpc) is 3.08. The van der Waals surface area contributed by atoms with Gasteiger partial charge in [-0.25, -0.2) is 9.97 Å². The molecular formula is C35H38BrN11. The summed E-state index contributed by atoms with van der Waals surface area (Å²) in [6.07, 6.45) is 11.1. The molecule has 7 rings (SSSR count). The maximum absolute atomic E-state index is 4.73. The summed E-state index contributed by atoms with van der Waals surface area (Å²) in [5, 5.41) is 22.8. The minimum absolute atomic E-state index is 0.408. The molecule has 0 spiro atoms. The Balaban J connectivity index is 0.000000168. The van der Waals surface area contributed by atoms with Crippen molar-refractivity contribution in [3.8, 4) is 0 Å². The normalized spacial score (nSPS) is 13.1. The molecule has 47 heavy (non-hydrogen) atoms. The number of anilines is 5. The van der Waals surface area contributed by atoms with Gasteiger partial charge in [-0.05, 0) is 107 Å². The summed E-state index contributed by atoms with van der Waals surface area (Å²) in [5.74, 6) is 3.69. The van der Waals surface area contributed by atoms with E-state index in [1.54, 1.807) is 18.6 Å². The van der Waals surface area contributed by atoms with Gasteiger partial charge in [-0.15, -0.1) is 10.2 Å². The van der Waals surface area contributed by atoms with Crippen molar-refractivity contribution >= 4 is 67.0 Å². The molecule has 0 radical (unpaired) electrons. The summed E-state index contributed by atoms with van der Waals surface area (Å²) in [6, 6.07) is 15.8. The van der Waals surface area contributed by atoms with Crippen molar-refractivity contribution in [2.75, 3.05) is 28.6 Å². The smallest absolute Gasteiger partial charge is 0.154 e. The molecule has 0 aliphatic carbocycles. The molecule has 12 heteroatoms. The van der Waals surface area contributed by atoms with Gasteiger partial charge in [0.25, 0.3) is 0 Å². The number of hydrogen-bond acceptors (Lipinski definition) is 11. The van der Waals surface area contributed by atoms with Gasteiger partial charge in [0.2, 0.25) is 0 Å². The molecule has 240 valence electrons. The maximum atomic E-state index is 4.73. The summed E-state index contributed by atoms with van der Waals surface area (Å²) >= 11 is 3.40. The second kappa shape index (κ2) is 14.7. The van der Waals surface area contributed by atoms with E-state index in [2.05, 4.69) is 101 Å². The Kier molecular flexibility index (Phi) is 10.1. The van der Waals surface area contributed by atoms with E-state index in [0.29, 0.717) is 23.5 Å². The number of rotatable bonds is 7. The van der Waals surface area contributed by atoms with Crippen molar-refractivity contribution in [2.45, 2.75) is 58.8 Å². The summed E-state index contributed by atoms with van der Waals surface area (Å²) in [4.78, 5) is 20.5. The van der Waals surface area contributed by atoms with Crippen LogP contribution in [-0.2, 0) is 0 Å². The molecule has 7 heterocycles. The lowest BCUT2D eigenvalue weighted by atomic mass is 10.1. The Morgan fingerprint density at radius 1 is 0.596 bits per heavy atom. The molecule has 2 N–H and O–H groups in total. The molecular weight excluding hydrogens is 654 g/mol. The highest BCUT2D eigenvalue weighted by atomic mass is 79.9. The van der Waals surface area contributed by atoms with Crippen molar-refractivity contribution < 1.29 is 0 Å². The lowest BCUT2D eigenvalue weighted by Crippen LogP contribution is -2.29. The van der Waals surface area contributed by atoms with Crippen LogP contribution < -0.4 is 15.5 Å². The van der Waals surface area contributed by atoms with Gasteiger partial charge in [-0.1, -0.05) is 27.7 Å². The summed E-state index contributed by atoms with van der Waals surface area (Å²) in [5.41, 5.74) is 6.91. The molecule has 0 amide bonds. The SMILES string of the molecule is CC(C)c1cnnc(Nc2ccc3ncc(Br)cc3n2)c1.CC(C)c1cnnc(Nc2ccc3ncc(N4CCCCC4)cc3n2)c1. The van der Waals surface area contributed by atoms with Crippen LogP contribution in [0.4, 0.5) is 29.0 Å². The first-order valence-corrected chi connectivity index (χ1v) is 16.7. The zero-order valence-corrected chi connectivity index (χ0v) is 28.6. The number of pyridine rings is 4. The van der Waals surface area contributed by atoms with E-state index >= 15 is 0 Å². The number of piperidine rings is 1. The third-order valence-corrected chi connectivity index (χ3v) is 8.38. The van der Waals surface area contributed by atoms with Crippen molar-refractivity contribution in [1.82, 2.24) is 40.3 Å². The van der Waals surface area contributed by atoms with Gasteiger partial charge in [0.1, 0.15) is 11.6 Å². The van der Waals surface area contributed by atoms with Gasteiger partial charge in [0, 0.05) is 23.8 Å². The Morgan fingerprint density at radius 3 is 1.68 bits per heavy atom. The molecule has 11 nitrogen and oxygen atoms in total. The van der Waals surface area contributed by atoms with Crippen molar-refractivity contribution in [3.63, 3.8) is 0 Å². The summed E-state index contributed by atoms with van der Waals surface area (Å²) < 4.78 is 0.904. The van der Waals surface area contributed by atoms with Crippen molar-refractivity contribution in [3.05, 3.63) is 88.9 Å². The highest BCUT2D eigenvalue weighted by Gasteiger charge is 2.13. The van der Waals surface area contributed by atoms with Gasteiger partial charge in [-0.2, -0.15) is 10.2 Å². The van der Waals surface area contributed by atoms with E-state index < -0.39 is 0 Å². The van der Waals surface area contributed by atoms with E-state index in [0.717, 1.165) is 68.1 Å². The van der Waals surface area contributed by atoms with Crippen LogP contribution in [0.1, 0.15) is 69.9 Å². The van der Waals surface area contributed by atoms with Crippen LogP contribution in [0.25, 0.3) is 22.1 Å². The first kappa shape index (κ1) is 32.1. The van der Waals surface area contributed by atoms with Crippen LogP contribution in [0.2, 0.25) is 0 Å². The molecule has 1 saturated heterocycles. The number of fused-ring (bicyclic) bond motifs is 2. The third kappa shape index (κ3) is 8.31. The number of halogens is 1. The van der Waals surface area contributed by atoms with E-state index in [1.807, 2.05) is 48.7 Å². The molecule has 0 bridgehead atoms. The predicted octanol–water partition coefficient (Wildman–Crippen LogP) is 8.33. The van der Waals surface area contributed by atoms with Gasteiger partial charge in [-0.3, -0.25) is 9.97 Å². The maximum Gasteiger partial charge on any atom is 0.154 e. The molecule has 1 aliphatic rings. The van der Waals surface area contributed by atoms with Crippen LogP contribution in [0.15, 0.2) is 77.8 Å². The monoisotopic (exact) mass is 691 g/mol. The lowest BCUT2D eigenvalue weighted by Gasteiger charge is -2.28. The number of aromatic nitrogens is 8. The average molecular weight is 693 g/mol. The molecule has 1 fully saturated rings. The van der Waals surface area contributed by atoms with E-state index in [4.69, 9.17) is 4.98 Å². The third-order valence-electron chi connectivity index (χ3n) is 7.95. The number of nitrogens with one attached hydrogen (secondary N) is 2. The quantitative estimate of drug-likeness (QED) is 0.167. The van der Waals surface area contributed by atoms with Gasteiger partial charge in [0.15, 0.2) is 11.6 Å². The molecule has 0 unspecified atom stereocenters. The second-order valence-electron chi connectivity index (χ2n) is 12.2. The van der Waals surface area contributed by atoms with Crippen LogP contribution >= 0.6 is 15.9 Å². The van der Waals surface area contributed by atoms with Gasteiger partial charge in [0.05, 0.1) is 46.3 Å². The Hall–Kier alpha value is -4.84. The Bertz CT molecular complexity index is 1980. The highest BCUT2D eigenvalue weighted by Crippen LogP contribution is 2.25. The molecule has 1 aliphatic heterocycles. The Morgan fingerprint density at radius 2 is 1.13 bits per heavy atom. The molecule has 6 aromatic heterocycles. The fraction of sp³-hybridized carbons (Fsp3) is 0.314. The molecule has 0 atom stereocenters. The van der Waals surface area contributed by atoms with E-state index in [1.165, 1.54) is 19.3 Å². The van der Waals surface area contributed by atoms with Gasteiger partial charge >= 0.3 is 0 Å². The first-order valence-electron chi connectivity index (χ1n) is 15.9. The molecule has 0 aromatic carbocycles. The lowest BCUT2D eigenvalue weighted by molar-refractivity contribution is 0.577. The molecule has 0 saturated carbocycles. The fourth-order valence-corrected chi connectivity index (χ4v) is 5.54. The van der Waals surface area contributed by atoms with Crippen molar-refractivity contribution in [2.24, 2.45) is 0 Å². The number of hydrogen-bond donors (Lipinski definition) is 2. The molecule has 6 aromatic rings. The Labute approximate surface area is 282 Å². The van der Waals surface area contributed by atoms with Crippen LogP contribution in [0.3, 0.4) is 0 Å². The van der Waals surface area contributed by atoms with Crippen LogP contribution in [0, 0.1) is 0 Å². The highest BCUT2D eigenvalue weighted by molar-refractivity contribution is 9.10. The van der Waals surface area contributed by atoms with Gasteiger partial charge < -0.3 is 15.5 Å². The second-order valence-corrected chi connectivity index (χ2v) is 13.1. The van der Waals surface area contributed by atoms with Crippen LogP contribution in [0.5, 0.6) is 0 Å². The first-order chi connectivity index (χ1) is 22.8. The fourth-order valence-electron chi connectivity index (χ4n) is 5.22. The van der Waals surface area contributed by atoms with E-state index in [9.17, 15) is 0 Å². The summed E-state index contributed by atoms with van der Waals surface area (Å²) in [7, 11) is 0. The zero-order valence-electron chi connectivity index (χ0n) is 27.0. The largest absolute Gasteiger partial charge is 0.370 e. The topological polar surface area (TPSA) is 130 Å². The minimum Gasteiger partial charge on any atom is -0.370 e. The number of nitrogens with zero attached hydrogens (tertiary/aromatic N) is 9. The standard InChI is InChI=1S/C20H24N6.C15H14BrN5/c1-14(2)15-10-20(25-22-12-15)24-19-7-6-17-18(23-19)11-16(13-21-17)26-8-4-3-5-9-26;1-9(2)10-5-15(21-18-7-10)20-14-4-3-12-13(19-14)6-11(16)8-17-12/h6-7,10-14H,3-5,8-9H2,1-2H3,(H,23,24,25);3-9H,1-2H3,(H,19,20,21). The van der Waals surface area contributed by atoms with E-state index in [-0.39, 0.29) is 0 Å². The van der Waals surface area contributed by atoms with Crippen LogP contribution in [-0.4, -0.2) is 53.4 Å². The predicted molar refractivity (Wildman–Crippen MR) is 192 cm³/mol.